The number of fused-ring (bicyclic) bond motifs is 1. The van der Waals surface area contributed by atoms with Crippen LogP contribution in [0.2, 0.25) is 0 Å². The number of rotatable bonds is 4. The summed E-state index contributed by atoms with van der Waals surface area (Å²) in [5.41, 5.74) is 6.57. The molecule has 1 heterocycles. The van der Waals surface area contributed by atoms with Crippen LogP contribution in [0, 0.1) is 0 Å². The third-order valence-electron chi connectivity index (χ3n) is 5.85. The molecule has 1 aliphatic carbocycles. The fraction of sp³-hybridized carbons (Fsp3) is 0.684. The fourth-order valence-corrected chi connectivity index (χ4v) is 4.31. The zero-order valence-corrected chi connectivity index (χ0v) is 14.7. The van der Waals surface area contributed by atoms with E-state index in [4.69, 9.17) is 5.73 Å². The summed E-state index contributed by atoms with van der Waals surface area (Å²) < 4.78 is 68.3. The minimum atomic E-state index is -5.59. The third kappa shape index (κ3) is 3.74. The molecule has 0 aromatic heterocycles. The Kier molecular flexibility index (Phi) is 5.32. The number of nitrogens with zero attached hydrogens (tertiary/aromatic N) is 1. The van der Waals surface area contributed by atoms with E-state index in [1.54, 1.807) is 12.1 Å². The standard InChI is InChI=1S/C19H25F5N2/c20-18(21,19(22,23)24)16-15-7-3-2-6-14(15)8-12-26(16)13-11-17(25)9-4-1-5-10-17/h2-3,6-7,16H,1,4-5,8-13,25H2. The Morgan fingerprint density at radius 2 is 1.69 bits per heavy atom. The largest absolute Gasteiger partial charge is 0.455 e. The lowest BCUT2D eigenvalue weighted by atomic mass is 9.79. The van der Waals surface area contributed by atoms with Gasteiger partial charge in [0.25, 0.3) is 0 Å². The number of benzene rings is 1. The number of hydrogen-bond donors (Lipinski definition) is 1. The quantitative estimate of drug-likeness (QED) is 0.763. The second-order valence-corrected chi connectivity index (χ2v) is 7.68. The topological polar surface area (TPSA) is 29.3 Å². The molecule has 1 aromatic rings. The molecular weight excluding hydrogens is 351 g/mol. The van der Waals surface area contributed by atoms with E-state index in [1.165, 1.54) is 17.0 Å². The van der Waals surface area contributed by atoms with Gasteiger partial charge in [0.05, 0.1) is 0 Å². The lowest BCUT2D eigenvalue weighted by Gasteiger charge is -2.43. The zero-order valence-electron chi connectivity index (χ0n) is 14.7. The summed E-state index contributed by atoms with van der Waals surface area (Å²) in [6.45, 7) is 0.338. The van der Waals surface area contributed by atoms with Crippen molar-refractivity contribution < 1.29 is 22.0 Å². The highest BCUT2D eigenvalue weighted by molar-refractivity contribution is 5.34. The highest BCUT2D eigenvalue weighted by atomic mass is 19.4. The molecule has 146 valence electrons. The van der Waals surface area contributed by atoms with Crippen molar-refractivity contribution in [3.63, 3.8) is 0 Å². The van der Waals surface area contributed by atoms with Crippen molar-refractivity contribution in [3.8, 4) is 0 Å². The summed E-state index contributed by atoms with van der Waals surface area (Å²) in [4.78, 5) is 1.29. The van der Waals surface area contributed by atoms with Crippen molar-refractivity contribution in [3.05, 3.63) is 35.4 Å². The molecule has 3 rings (SSSR count). The van der Waals surface area contributed by atoms with Crippen LogP contribution >= 0.6 is 0 Å². The van der Waals surface area contributed by atoms with Crippen molar-refractivity contribution >= 4 is 0 Å². The molecule has 0 radical (unpaired) electrons. The lowest BCUT2D eigenvalue weighted by molar-refractivity contribution is -0.306. The van der Waals surface area contributed by atoms with E-state index in [0.29, 0.717) is 18.4 Å². The number of alkyl halides is 5. The van der Waals surface area contributed by atoms with E-state index < -0.39 is 23.7 Å². The highest BCUT2D eigenvalue weighted by Crippen LogP contribution is 2.49. The van der Waals surface area contributed by atoms with E-state index >= 15 is 0 Å². The number of halogens is 5. The average molecular weight is 376 g/mol. The van der Waals surface area contributed by atoms with Crippen LogP contribution in [0.4, 0.5) is 22.0 Å². The summed E-state index contributed by atoms with van der Waals surface area (Å²) in [6, 6.07) is 4.24. The Bertz CT molecular complexity index is 623. The minimum Gasteiger partial charge on any atom is -0.325 e. The van der Waals surface area contributed by atoms with Crippen LogP contribution in [-0.2, 0) is 6.42 Å². The molecule has 0 bridgehead atoms. The summed E-state index contributed by atoms with van der Waals surface area (Å²) in [7, 11) is 0. The first-order valence-corrected chi connectivity index (χ1v) is 9.19. The molecular formula is C19H25F5N2. The molecule has 2 aliphatic rings. The first-order chi connectivity index (χ1) is 12.1. The molecule has 2 N–H and O–H groups in total. The maximum atomic E-state index is 14.4. The Morgan fingerprint density at radius 3 is 2.35 bits per heavy atom. The molecule has 7 heteroatoms. The predicted molar refractivity (Wildman–Crippen MR) is 90.1 cm³/mol. The Hall–Kier alpha value is -1.21. The zero-order chi connectivity index (χ0) is 19.0. The van der Waals surface area contributed by atoms with E-state index in [9.17, 15) is 22.0 Å². The number of hydrogen-bond acceptors (Lipinski definition) is 2. The van der Waals surface area contributed by atoms with Crippen molar-refractivity contribution in [1.82, 2.24) is 4.90 Å². The van der Waals surface area contributed by atoms with Gasteiger partial charge in [-0.15, -0.1) is 0 Å². The molecule has 26 heavy (non-hydrogen) atoms. The Labute approximate surface area is 150 Å². The van der Waals surface area contributed by atoms with Crippen LogP contribution in [0.25, 0.3) is 0 Å². The van der Waals surface area contributed by atoms with Gasteiger partial charge in [-0.3, -0.25) is 4.90 Å². The first kappa shape index (κ1) is 19.5. The molecule has 1 aliphatic heterocycles. The minimum absolute atomic E-state index is 0.0794. The van der Waals surface area contributed by atoms with Gasteiger partial charge in [-0.25, -0.2) is 0 Å². The van der Waals surface area contributed by atoms with E-state index in [2.05, 4.69) is 0 Å². The van der Waals surface area contributed by atoms with Gasteiger partial charge in [-0.05, 0) is 36.8 Å². The van der Waals surface area contributed by atoms with Gasteiger partial charge in [0.15, 0.2) is 0 Å². The van der Waals surface area contributed by atoms with Crippen LogP contribution in [0.5, 0.6) is 0 Å². The van der Waals surface area contributed by atoms with Crippen molar-refractivity contribution in [2.45, 2.75) is 68.6 Å². The summed E-state index contributed by atoms with van der Waals surface area (Å²) >= 11 is 0. The first-order valence-electron chi connectivity index (χ1n) is 9.19. The van der Waals surface area contributed by atoms with Gasteiger partial charge in [-0.2, -0.15) is 22.0 Å². The van der Waals surface area contributed by atoms with Gasteiger partial charge in [0.2, 0.25) is 0 Å². The van der Waals surface area contributed by atoms with Crippen LogP contribution in [-0.4, -0.2) is 35.6 Å². The van der Waals surface area contributed by atoms with Crippen LogP contribution in [0.1, 0.15) is 55.7 Å². The highest BCUT2D eigenvalue weighted by Gasteiger charge is 2.64. The fourth-order valence-electron chi connectivity index (χ4n) is 4.31. The molecule has 0 amide bonds. The second kappa shape index (κ2) is 7.08. The van der Waals surface area contributed by atoms with Gasteiger partial charge >= 0.3 is 12.1 Å². The third-order valence-corrected chi connectivity index (χ3v) is 5.85. The van der Waals surface area contributed by atoms with Gasteiger partial charge in [0, 0.05) is 18.6 Å². The van der Waals surface area contributed by atoms with Crippen molar-refractivity contribution in [2.75, 3.05) is 13.1 Å². The van der Waals surface area contributed by atoms with E-state index in [-0.39, 0.29) is 18.7 Å². The van der Waals surface area contributed by atoms with Crippen molar-refractivity contribution in [1.29, 1.82) is 0 Å². The molecule has 1 fully saturated rings. The molecule has 0 saturated heterocycles. The Balaban J connectivity index is 1.86. The van der Waals surface area contributed by atoms with Crippen LogP contribution in [0.3, 0.4) is 0 Å². The van der Waals surface area contributed by atoms with E-state index in [1.807, 2.05) is 0 Å². The van der Waals surface area contributed by atoms with Gasteiger partial charge < -0.3 is 5.73 Å². The van der Waals surface area contributed by atoms with Crippen LogP contribution in [0.15, 0.2) is 24.3 Å². The Morgan fingerprint density at radius 1 is 1.04 bits per heavy atom. The van der Waals surface area contributed by atoms with E-state index in [0.717, 1.165) is 32.1 Å². The average Bonchev–Trinajstić information content (AvgIpc) is 2.59. The van der Waals surface area contributed by atoms with Gasteiger partial charge in [-0.1, -0.05) is 43.5 Å². The summed E-state index contributed by atoms with van der Waals surface area (Å²) in [5.74, 6) is -4.81. The number of nitrogens with two attached hydrogens (primary N) is 1. The SMILES string of the molecule is NC1(CCN2CCc3ccccc3C2C(F)(F)C(F)(F)F)CCCCC1. The lowest BCUT2D eigenvalue weighted by Crippen LogP contribution is -2.53. The van der Waals surface area contributed by atoms with Crippen LogP contribution < -0.4 is 5.73 Å². The maximum Gasteiger partial charge on any atom is 0.455 e. The molecule has 1 atom stereocenters. The summed E-state index contributed by atoms with van der Waals surface area (Å²) in [5, 5.41) is 0. The summed E-state index contributed by atoms with van der Waals surface area (Å²) in [6.07, 6.45) is 0.00661. The van der Waals surface area contributed by atoms with Gasteiger partial charge in [0.1, 0.15) is 6.04 Å². The monoisotopic (exact) mass is 376 g/mol. The smallest absolute Gasteiger partial charge is 0.325 e. The predicted octanol–water partition coefficient (Wildman–Crippen LogP) is 4.84. The maximum absolute atomic E-state index is 14.4. The second-order valence-electron chi connectivity index (χ2n) is 7.68. The molecule has 2 nitrogen and oxygen atoms in total. The van der Waals surface area contributed by atoms with Crippen molar-refractivity contribution in [2.24, 2.45) is 5.73 Å². The normalized spacial score (nSPS) is 24.3. The molecule has 1 saturated carbocycles. The molecule has 1 unspecified atom stereocenters. The molecule has 1 aromatic carbocycles. The molecule has 0 spiro atoms.